The highest BCUT2D eigenvalue weighted by Crippen LogP contribution is 2.34. The zero-order chi connectivity index (χ0) is 6.20. The molecule has 1 radical (unpaired) electrons. The van der Waals surface area contributed by atoms with Crippen molar-refractivity contribution in [1.29, 1.82) is 0 Å². The van der Waals surface area contributed by atoms with Crippen LogP contribution in [0.25, 0.3) is 0 Å². The van der Waals surface area contributed by atoms with Gasteiger partial charge in [0, 0.05) is 5.41 Å². The average Bonchev–Trinajstić information content (AvgIpc) is 1.60. The fraction of sp³-hybridized carbons (Fsp3) is 0.857. The van der Waals surface area contributed by atoms with Crippen LogP contribution in [0.1, 0.15) is 13.8 Å². The van der Waals surface area contributed by atoms with E-state index in [0.717, 1.165) is 13.2 Å². The predicted octanol–water partition coefficient (Wildman–Crippen LogP) is 1.49. The van der Waals surface area contributed by atoms with Gasteiger partial charge in [-0.3, -0.25) is 0 Å². The minimum atomic E-state index is 0.389. The number of rotatable bonds is 1. The monoisotopic (exact) mass is 113 g/mol. The lowest BCUT2D eigenvalue weighted by Gasteiger charge is -2.41. The molecule has 1 rings (SSSR count). The van der Waals surface area contributed by atoms with Crippen LogP contribution >= 0.6 is 0 Å². The first-order valence-corrected chi connectivity index (χ1v) is 3.06. The molecular formula is C7H13O. The standard InChI is InChI=1S/C7H13O/c1-6(2)7(3)4-8-5-7/h6H,1,4-5H2,2-3H3. The molecule has 1 aliphatic rings. The van der Waals surface area contributed by atoms with Crippen LogP contribution in [0.5, 0.6) is 0 Å². The molecule has 1 fully saturated rings. The molecule has 0 saturated carbocycles. The maximum Gasteiger partial charge on any atom is 0.0544 e. The Labute approximate surface area is 51.0 Å². The van der Waals surface area contributed by atoms with E-state index in [4.69, 9.17) is 4.74 Å². The van der Waals surface area contributed by atoms with Crippen molar-refractivity contribution in [3.8, 4) is 0 Å². The first-order valence-electron chi connectivity index (χ1n) is 3.06. The topological polar surface area (TPSA) is 9.23 Å². The summed E-state index contributed by atoms with van der Waals surface area (Å²) in [4.78, 5) is 0. The highest BCUT2D eigenvalue weighted by molar-refractivity contribution is 4.86. The van der Waals surface area contributed by atoms with E-state index in [0.29, 0.717) is 11.3 Å². The quantitative estimate of drug-likeness (QED) is 0.500. The van der Waals surface area contributed by atoms with Gasteiger partial charge in [0.1, 0.15) is 0 Å². The molecule has 0 aromatic rings. The molecule has 47 valence electrons. The summed E-state index contributed by atoms with van der Waals surface area (Å²) in [6.45, 7) is 10.1. The molecule has 1 heterocycles. The summed E-state index contributed by atoms with van der Waals surface area (Å²) in [5.74, 6) is 0.524. The van der Waals surface area contributed by atoms with Crippen molar-refractivity contribution in [3.63, 3.8) is 0 Å². The molecule has 0 amide bonds. The summed E-state index contributed by atoms with van der Waals surface area (Å²) in [7, 11) is 0. The molecule has 1 atom stereocenters. The van der Waals surface area contributed by atoms with Gasteiger partial charge in [0.25, 0.3) is 0 Å². The summed E-state index contributed by atoms with van der Waals surface area (Å²) in [5.41, 5.74) is 0.389. The Morgan fingerprint density at radius 2 is 2.12 bits per heavy atom. The third-order valence-electron chi connectivity index (χ3n) is 2.05. The van der Waals surface area contributed by atoms with Gasteiger partial charge in [-0.2, -0.15) is 0 Å². The summed E-state index contributed by atoms with van der Waals surface area (Å²) in [6.07, 6.45) is 0. The predicted molar refractivity (Wildman–Crippen MR) is 33.4 cm³/mol. The van der Waals surface area contributed by atoms with Crippen molar-refractivity contribution < 1.29 is 4.74 Å². The number of hydrogen-bond donors (Lipinski definition) is 0. The largest absolute Gasteiger partial charge is 0.380 e. The van der Waals surface area contributed by atoms with E-state index in [9.17, 15) is 0 Å². The zero-order valence-corrected chi connectivity index (χ0v) is 5.61. The van der Waals surface area contributed by atoms with Crippen LogP contribution in [0.2, 0.25) is 0 Å². The van der Waals surface area contributed by atoms with E-state index in [1.807, 2.05) is 0 Å². The van der Waals surface area contributed by atoms with Gasteiger partial charge in [0.15, 0.2) is 0 Å². The molecule has 1 heteroatoms. The summed E-state index contributed by atoms with van der Waals surface area (Å²) in [6, 6.07) is 0. The van der Waals surface area contributed by atoms with Crippen LogP contribution in [0.15, 0.2) is 0 Å². The van der Waals surface area contributed by atoms with Crippen LogP contribution in [0.4, 0.5) is 0 Å². The van der Waals surface area contributed by atoms with E-state index in [-0.39, 0.29) is 0 Å². The van der Waals surface area contributed by atoms with Gasteiger partial charge < -0.3 is 4.74 Å². The Kier molecular flexibility index (Phi) is 1.31. The van der Waals surface area contributed by atoms with E-state index in [2.05, 4.69) is 20.8 Å². The van der Waals surface area contributed by atoms with Crippen LogP contribution < -0.4 is 0 Å². The fourth-order valence-electron chi connectivity index (χ4n) is 0.709. The van der Waals surface area contributed by atoms with E-state index < -0.39 is 0 Å². The molecule has 1 nitrogen and oxygen atoms in total. The van der Waals surface area contributed by atoms with Crippen LogP contribution in [0, 0.1) is 18.3 Å². The van der Waals surface area contributed by atoms with Gasteiger partial charge >= 0.3 is 0 Å². The van der Waals surface area contributed by atoms with Crippen molar-refractivity contribution in [2.75, 3.05) is 13.2 Å². The SMILES string of the molecule is [CH2]C(C)C1(C)COC1. The van der Waals surface area contributed by atoms with Gasteiger partial charge in [0.2, 0.25) is 0 Å². The molecule has 8 heavy (non-hydrogen) atoms. The van der Waals surface area contributed by atoms with Gasteiger partial charge in [-0.05, 0) is 12.8 Å². The maximum absolute atomic E-state index is 5.06. The normalized spacial score (nSPS) is 25.5. The lowest BCUT2D eigenvalue weighted by molar-refractivity contribution is -0.121. The van der Waals surface area contributed by atoms with E-state index in [1.165, 1.54) is 0 Å². The molecule has 1 unspecified atom stereocenters. The third kappa shape index (κ3) is 0.752. The Morgan fingerprint density at radius 1 is 1.62 bits per heavy atom. The Balaban J connectivity index is 2.41. The number of hydrogen-bond acceptors (Lipinski definition) is 1. The Hall–Kier alpha value is -0.0400. The van der Waals surface area contributed by atoms with Crippen molar-refractivity contribution >= 4 is 0 Å². The first kappa shape index (κ1) is 6.09. The van der Waals surface area contributed by atoms with Gasteiger partial charge in [-0.15, -0.1) is 0 Å². The minimum absolute atomic E-state index is 0.389. The lowest BCUT2D eigenvalue weighted by atomic mass is 9.78. The third-order valence-corrected chi connectivity index (χ3v) is 2.05. The van der Waals surface area contributed by atoms with Crippen LogP contribution in [0.3, 0.4) is 0 Å². The number of ether oxygens (including phenoxy) is 1. The smallest absolute Gasteiger partial charge is 0.0544 e. The van der Waals surface area contributed by atoms with Gasteiger partial charge in [0.05, 0.1) is 13.2 Å². The Bertz CT molecular complexity index is 82.4. The van der Waals surface area contributed by atoms with E-state index in [1.54, 1.807) is 0 Å². The molecular weight excluding hydrogens is 100 g/mol. The second kappa shape index (κ2) is 1.73. The maximum atomic E-state index is 5.06. The van der Waals surface area contributed by atoms with Crippen LogP contribution in [-0.4, -0.2) is 13.2 Å². The fourth-order valence-corrected chi connectivity index (χ4v) is 0.709. The average molecular weight is 113 g/mol. The second-order valence-electron chi connectivity index (χ2n) is 3.05. The second-order valence-corrected chi connectivity index (χ2v) is 3.05. The molecule has 0 aromatic heterocycles. The van der Waals surface area contributed by atoms with Crippen molar-refractivity contribution in [1.82, 2.24) is 0 Å². The molecule has 0 aliphatic carbocycles. The van der Waals surface area contributed by atoms with Crippen LogP contribution in [-0.2, 0) is 4.74 Å². The molecule has 0 bridgehead atoms. The van der Waals surface area contributed by atoms with Gasteiger partial charge in [-0.1, -0.05) is 13.8 Å². The summed E-state index contributed by atoms with van der Waals surface area (Å²) >= 11 is 0. The lowest BCUT2D eigenvalue weighted by Crippen LogP contribution is -2.43. The molecule has 1 saturated heterocycles. The van der Waals surface area contributed by atoms with Crippen molar-refractivity contribution in [2.24, 2.45) is 11.3 Å². The molecule has 0 aromatic carbocycles. The highest BCUT2D eigenvalue weighted by atomic mass is 16.5. The minimum Gasteiger partial charge on any atom is -0.380 e. The molecule has 0 N–H and O–H groups in total. The van der Waals surface area contributed by atoms with E-state index >= 15 is 0 Å². The zero-order valence-electron chi connectivity index (χ0n) is 5.61. The molecule has 0 spiro atoms. The van der Waals surface area contributed by atoms with Crippen molar-refractivity contribution in [2.45, 2.75) is 13.8 Å². The Morgan fingerprint density at radius 3 is 2.12 bits per heavy atom. The summed E-state index contributed by atoms with van der Waals surface area (Å²) in [5, 5.41) is 0. The first-order chi connectivity index (χ1) is 3.65. The summed E-state index contributed by atoms with van der Waals surface area (Å²) < 4.78 is 5.06. The molecule has 1 aliphatic heterocycles. The van der Waals surface area contributed by atoms with Gasteiger partial charge in [-0.25, -0.2) is 0 Å². The van der Waals surface area contributed by atoms with Crippen molar-refractivity contribution in [3.05, 3.63) is 6.92 Å². The highest BCUT2D eigenvalue weighted by Gasteiger charge is 2.36.